The third-order valence-electron chi connectivity index (χ3n) is 5.27. The molecular formula is C22H28N6O2. The Labute approximate surface area is 176 Å². The zero-order valence-electron chi connectivity index (χ0n) is 17.2. The van der Waals surface area contributed by atoms with E-state index in [1.54, 1.807) is 19.3 Å². The Bertz CT molecular complexity index is 904. The molecule has 8 heteroatoms. The normalized spacial score (nSPS) is 14.4. The highest BCUT2D eigenvalue weighted by molar-refractivity contribution is 5.98. The largest absolute Gasteiger partial charge is 0.387 e. The lowest BCUT2D eigenvalue weighted by atomic mass is 10.0. The Kier molecular flexibility index (Phi) is 7.11. The summed E-state index contributed by atoms with van der Waals surface area (Å²) in [7, 11) is 0. The second-order valence-electron chi connectivity index (χ2n) is 7.66. The predicted octanol–water partition coefficient (Wildman–Crippen LogP) is 2.39. The summed E-state index contributed by atoms with van der Waals surface area (Å²) >= 11 is 0. The molecule has 0 saturated carbocycles. The lowest BCUT2D eigenvalue weighted by molar-refractivity contribution is -0.129. The number of piperidine rings is 1. The SMILES string of the molecule is CC(=O)N1CCC(Nc2ncc(-c3cccc(CCC(=O)CC(=N)N)c3)cn2)CC1. The van der Waals surface area contributed by atoms with E-state index in [1.807, 2.05) is 29.2 Å². The van der Waals surface area contributed by atoms with Crippen molar-refractivity contribution >= 4 is 23.5 Å². The van der Waals surface area contributed by atoms with Crippen molar-refractivity contribution in [1.82, 2.24) is 14.9 Å². The number of rotatable bonds is 8. The molecule has 0 aliphatic carbocycles. The monoisotopic (exact) mass is 408 g/mol. The third kappa shape index (κ3) is 6.10. The number of ketones is 1. The zero-order valence-corrected chi connectivity index (χ0v) is 17.2. The predicted molar refractivity (Wildman–Crippen MR) is 116 cm³/mol. The third-order valence-corrected chi connectivity index (χ3v) is 5.27. The second-order valence-corrected chi connectivity index (χ2v) is 7.66. The number of carbonyl (C=O) groups excluding carboxylic acids is 2. The van der Waals surface area contributed by atoms with Crippen LogP contribution >= 0.6 is 0 Å². The maximum absolute atomic E-state index is 11.8. The van der Waals surface area contributed by atoms with Gasteiger partial charge in [0.05, 0.1) is 12.3 Å². The van der Waals surface area contributed by atoms with Crippen molar-refractivity contribution in [1.29, 1.82) is 5.41 Å². The Morgan fingerprint density at radius 2 is 1.90 bits per heavy atom. The van der Waals surface area contributed by atoms with Gasteiger partial charge in [-0.1, -0.05) is 24.3 Å². The Balaban J connectivity index is 1.56. The summed E-state index contributed by atoms with van der Waals surface area (Å²) < 4.78 is 0. The number of aryl methyl sites for hydroxylation is 1. The number of anilines is 1. The average Bonchev–Trinajstić information content (AvgIpc) is 2.73. The molecular weight excluding hydrogens is 380 g/mol. The first-order chi connectivity index (χ1) is 14.4. The number of nitrogens with zero attached hydrogens (tertiary/aromatic N) is 3. The van der Waals surface area contributed by atoms with E-state index in [9.17, 15) is 9.59 Å². The lowest BCUT2D eigenvalue weighted by Gasteiger charge is -2.31. The number of amidine groups is 1. The molecule has 3 rings (SSSR count). The minimum atomic E-state index is -0.0935. The fraction of sp³-hybridized carbons (Fsp3) is 0.409. The minimum Gasteiger partial charge on any atom is -0.387 e. The van der Waals surface area contributed by atoms with Gasteiger partial charge in [-0.05, 0) is 30.4 Å². The Morgan fingerprint density at radius 1 is 1.20 bits per heavy atom. The highest BCUT2D eigenvalue weighted by atomic mass is 16.2. The topological polar surface area (TPSA) is 125 Å². The molecule has 2 aromatic rings. The number of hydrogen-bond acceptors (Lipinski definition) is 6. The minimum absolute atomic E-state index is 0.00969. The number of hydrogen-bond donors (Lipinski definition) is 3. The molecule has 30 heavy (non-hydrogen) atoms. The number of amides is 1. The molecule has 0 radical (unpaired) electrons. The van der Waals surface area contributed by atoms with Crippen molar-refractivity contribution in [2.75, 3.05) is 18.4 Å². The van der Waals surface area contributed by atoms with Crippen LogP contribution in [0, 0.1) is 5.41 Å². The van der Waals surface area contributed by atoms with Gasteiger partial charge in [0.25, 0.3) is 0 Å². The molecule has 1 aromatic heterocycles. The molecule has 0 atom stereocenters. The number of Topliss-reactive ketones (excluding diaryl/α,β-unsaturated/α-hetero) is 1. The van der Waals surface area contributed by atoms with Gasteiger partial charge in [0.15, 0.2) is 0 Å². The van der Waals surface area contributed by atoms with Gasteiger partial charge < -0.3 is 16.0 Å². The van der Waals surface area contributed by atoms with Crippen LogP contribution in [0.1, 0.15) is 38.2 Å². The van der Waals surface area contributed by atoms with Crippen LogP contribution in [0.4, 0.5) is 5.95 Å². The zero-order chi connectivity index (χ0) is 21.5. The standard InChI is InChI=1S/C22H28N6O2/c1-15(29)28-9-7-19(8-10-28)27-22-25-13-18(14-26-22)17-4-2-3-16(11-17)5-6-20(30)12-21(23)24/h2-4,11,13-14,19H,5-10,12H2,1H3,(H3,23,24)(H,25,26,27). The number of nitrogens with one attached hydrogen (secondary N) is 2. The van der Waals surface area contributed by atoms with Crippen LogP contribution in [0.25, 0.3) is 11.1 Å². The van der Waals surface area contributed by atoms with Crippen LogP contribution < -0.4 is 11.1 Å². The summed E-state index contributed by atoms with van der Waals surface area (Å²) in [6.45, 7) is 3.12. The summed E-state index contributed by atoms with van der Waals surface area (Å²) in [5.41, 5.74) is 8.22. The molecule has 0 unspecified atom stereocenters. The molecule has 1 aromatic carbocycles. The van der Waals surface area contributed by atoms with Crippen LogP contribution in [-0.2, 0) is 16.0 Å². The summed E-state index contributed by atoms with van der Waals surface area (Å²) in [5.74, 6) is 0.593. The maximum Gasteiger partial charge on any atom is 0.222 e. The molecule has 0 bridgehead atoms. The molecule has 4 N–H and O–H groups in total. The number of nitrogens with two attached hydrogens (primary N) is 1. The van der Waals surface area contributed by atoms with Gasteiger partial charge in [-0.15, -0.1) is 0 Å². The molecule has 1 fully saturated rings. The maximum atomic E-state index is 11.8. The highest BCUT2D eigenvalue weighted by Crippen LogP contribution is 2.21. The quantitative estimate of drug-likeness (QED) is 0.455. The molecule has 158 valence electrons. The molecule has 1 aliphatic rings. The van der Waals surface area contributed by atoms with Crippen LogP contribution in [0.5, 0.6) is 0 Å². The van der Waals surface area contributed by atoms with Crippen molar-refractivity contribution < 1.29 is 9.59 Å². The van der Waals surface area contributed by atoms with E-state index in [4.69, 9.17) is 11.1 Å². The molecule has 1 aliphatic heterocycles. The summed E-state index contributed by atoms with van der Waals surface area (Å²) in [5, 5.41) is 10.6. The summed E-state index contributed by atoms with van der Waals surface area (Å²) in [4.78, 5) is 33.9. The first-order valence-electron chi connectivity index (χ1n) is 10.2. The van der Waals surface area contributed by atoms with Crippen molar-refractivity contribution in [3.8, 4) is 11.1 Å². The Morgan fingerprint density at radius 3 is 2.53 bits per heavy atom. The van der Waals surface area contributed by atoms with Crippen LogP contribution in [0.3, 0.4) is 0 Å². The Hall–Kier alpha value is -3.29. The van der Waals surface area contributed by atoms with Gasteiger partial charge in [-0.2, -0.15) is 0 Å². The van der Waals surface area contributed by atoms with E-state index >= 15 is 0 Å². The van der Waals surface area contributed by atoms with Gasteiger partial charge in [0.2, 0.25) is 11.9 Å². The van der Waals surface area contributed by atoms with Crippen molar-refractivity contribution in [2.24, 2.45) is 5.73 Å². The smallest absolute Gasteiger partial charge is 0.222 e. The highest BCUT2D eigenvalue weighted by Gasteiger charge is 2.21. The fourth-order valence-corrected chi connectivity index (χ4v) is 3.56. The van der Waals surface area contributed by atoms with Crippen LogP contribution in [-0.4, -0.2) is 51.5 Å². The summed E-state index contributed by atoms with van der Waals surface area (Å²) in [6, 6.07) is 8.22. The van der Waals surface area contributed by atoms with Gasteiger partial charge in [-0.3, -0.25) is 15.0 Å². The number of benzene rings is 1. The first kappa shape index (κ1) is 21.4. The van der Waals surface area contributed by atoms with Crippen molar-refractivity contribution in [2.45, 2.75) is 45.1 Å². The number of likely N-dealkylation sites (tertiary alicyclic amines) is 1. The first-order valence-corrected chi connectivity index (χ1v) is 10.2. The average molecular weight is 409 g/mol. The van der Waals surface area contributed by atoms with Gasteiger partial charge in [-0.25, -0.2) is 9.97 Å². The van der Waals surface area contributed by atoms with E-state index in [-0.39, 0.29) is 30.0 Å². The van der Waals surface area contributed by atoms with Crippen LogP contribution in [0.15, 0.2) is 36.7 Å². The van der Waals surface area contributed by atoms with Gasteiger partial charge >= 0.3 is 0 Å². The fourth-order valence-electron chi connectivity index (χ4n) is 3.56. The van der Waals surface area contributed by atoms with Crippen molar-refractivity contribution in [3.05, 3.63) is 42.2 Å². The van der Waals surface area contributed by atoms with E-state index in [1.165, 1.54) is 0 Å². The number of aromatic nitrogens is 2. The van der Waals surface area contributed by atoms with Gasteiger partial charge in [0.1, 0.15) is 5.78 Å². The van der Waals surface area contributed by atoms with Crippen molar-refractivity contribution in [3.63, 3.8) is 0 Å². The van der Waals surface area contributed by atoms with E-state index in [0.29, 0.717) is 18.8 Å². The molecule has 2 heterocycles. The van der Waals surface area contributed by atoms with E-state index < -0.39 is 0 Å². The lowest BCUT2D eigenvalue weighted by Crippen LogP contribution is -2.41. The van der Waals surface area contributed by atoms with Gasteiger partial charge in [0, 0.05) is 50.4 Å². The summed E-state index contributed by atoms with van der Waals surface area (Å²) in [6.07, 6.45) is 6.34. The second kappa shape index (κ2) is 9.96. The molecule has 1 amide bonds. The molecule has 1 saturated heterocycles. The molecule has 0 spiro atoms. The number of carbonyl (C=O) groups is 2. The van der Waals surface area contributed by atoms with E-state index in [0.717, 1.165) is 42.6 Å². The van der Waals surface area contributed by atoms with E-state index in [2.05, 4.69) is 15.3 Å². The van der Waals surface area contributed by atoms with Crippen LogP contribution in [0.2, 0.25) is 0 Å². The molecule has 8 nitrogen and oxygen atoms in total.